The van der Waals surface area contributed by atoms with Crippen molar-refractivity contribution in [2.45, 2.75) is 5.72 Å². The predicted molar refractivity (Wildman–Crippen MR) is 85.4 cm³/mol. The molecule has 4 nitrogen and oxygen atoms in total. The number of nitrogens with one attached hydrogen (secondary N) is 1. The van der Waals surface area contributed by atoms with Crippen LogP contribution in [0, 0.1) is 0 Å². The van der Waals surface area contributed by atoms with E-state index >= 15 is 0 Å². The molecule has 4 rings (SSSR count). The van der Waals surface area contributed by atoms with Crippen LogP contribution in [-0.2, 0) is 10.5 Å². The molecule has 1 saturated heterocycles. The van der Waals surface area contributed by atoms with E-state index in [9.17, 15) is 4.79 Å². The molecule has 0 spiro atoms. The Morgan fingerprint density at radius 3 is 2.73 bits per heavy atom. The fraction of sp³-hybridized carbons (Fsp3) is 0.188. The summed E-state index contributed by atoms with van der Waals surface area (Å²) in [5, 5.41) is 3.75. The van der Waals surface area contributed by atoms with E-state index < -0.39 is 5.72 Å². The number of fused-ring (bicyclic) bond motifs is 3. The van der Waals surface area contributed by atoms with Crippen LogP contribution in [0.4, 0.5) is 10.5 Å². The van der Waals surface area contributed by atoms with Gasteiger partial charge in [0.05, 0.1) is 17.3 Å². The Bertz CT molecular complexity index is 766. The van der Waals surface area contributed by atoms with Gasteiger partial charge < -0.3 is 10.1 Å². The molecular formula is C16H12Cl2N2O2. The van der Waals surface area contributed by atoms with Gasteiger partial charge in [0.15, 0.2) is 5.72 Å². The molecule has 2 amide bonds. The first-order valence-corrected chi connectivity index (χ1v) is 7.66. The fourth-order valence-electron chi connectivity index (χ4n) is 3.19. The normalized spacial score (nSPS) is 23.0. The van der Waals surface area contributed by atoms with Crippen molar-refractivity contribution in [3.63, 3.8) is 0 Å². The molecule has 2 aliphatic rings. The molecule has 0 aliphatic carbocycles. The molecule has 2 aromatic carbocycles. The lowest BCUT2D eigenvalue weighted by atomic mass is 9.90. The first kappa shape index (κ1) is 13.9. The van der Waals surface area contributed by atoms with E-state index in [-0.39, 0.29) is 6.03 Å². The summed E-state index contributed by atoms with van der Waals surface area (Å²) in [5.74, 6) is 0. The minimum Gasteiger partial charge on any atom is -0.345 e. The van der Waals surface area contributed by atoms with Gasteiger partial charge in [-0.25, -0.2) is 4.79 Å². The maximum absolute atomic E-state index is 12.5. The van der Waals surface area contributed by atoms with E-state index in [2.05, 4.69) is 5.32 Å². The Labute approximate surface area is 137 Å². The molecule has 22 heavy (non-hydrogen) atoms. The standard InChI is InChI=1S/C16H12Cl2N2O2/c17-11-8-12-14(13(18)9-11)19-15(21)20-6-7-22-16(12,20)10-4-2-1-3-5-10/h1-5,8-9H,6-7H2,(H,19,21). The van der Waals surface area contributed by atoms with Gasteiger partial charge in [-0.05, 0) is 12.1 Å². The van der Waals surface area contributed by atoms with Gasteiger partial charge in [0, 0.05) is 22.7 Å². The zero-order valence-electron chi connectivity index (χ0n) is 11.5. The molecule has 1 unspecified atom stereocenters. The van der Waals surface area contributed by atoms with Crippen LogP contribution in [-0.4, -0.2) is 24.1 Å². The van der Waals surface area contributed by atoms with Crippen molar-refractivity contribution in [1.29, 1.82) is 0 Å². The number of ether oxygens (including phenoxy) is 1. The van der Waals surface area contributed by atoms with E-state index in [1.807, 2.05) is 30.3 Å². The number of carbonyl (C=O) groups is 1. The molecule has 1 N–H and O–H groups in total. The minimum atomic E-state index is -0.979. The number of halogens is 2. The topological polar surface area (TPSA) is 41.6 Å². The lowest BCUT2D eigenvalue weighted by Gasteiger charge is -2.42. The van der Waals surface area contributed by atoms with Gasteiger partial charge in [0.1, 0.15) is 0 Å². The summed E-state index contributed by atoms with van der Waals surface area (Å²) in [6.45, 7) is 0.955. The highest BCUT2D eigenvalue weighted by Crippen LogP contribution is 2.49. The summed E-state index contributed by atoms with van der Waals surface area (Å²) in [5.41, 5.74) is 1.21. The predicted octanol–water partition coefficient (Wildman–Crippen LogP) is 4.07. The zero-order valence-corrected chi connectivity index (χ0v) is 13.0. The Morgan fingerprint density at radius 1 is 1.18 bits per heavy atom. The second kappa shape index (κ2) is 4.88. The average molecular weight is 335 g/mol. The van der Waals surface area contributed by atoms with Crippen LogP contribution in [0.5, 0.6) is 0 Å². The molecule has 112 valence electrons. The summed E-state index contributed by atoms with van der Waals surface area (Å²) in [7, 11) is 0. The molecule has 1 atom stereocenters. The number of hydrogen-bond donors (Lipinski definition) is 1. The van der Waals surface area contributed by atoms with Crippen molar-refractivity contribution in [2.24, 2.45) is 0 Å². The summed E-state index contributed by atoms with van der Waals surface area (Å²) >= 11 is 12.5. The zero-order chi connectivity index (χ0) is 15.3. The van der Waals surface area contributed by atoms with Crippen LogP contribution < -0.4 is 5.32 Å². The average Bonchev–Trinajstić information content (AvgIpc) is 2.97. The molecule has 2 aliphatic heterocycles. The Hall–Kier alpha value is -1.75. The van der Waals surface area contributed by atoms with Crippen LogP contribution in [0.3, 0.4) is 0 Å². The number of benzene rings is 2. The molecule has 0 saturated carbocycles. The monoisotopic (exact) mass is 334 g/mol. The lowest BCUT2D eigenvalue weighted by Crippen LogP contribution is -2.52. The molecule has 0 radical (unpaired) electrons. The fourth-order valence-corrected chi connectivity index (χ4v) is 3.73. The largest absolute Gasteiger partial charge is 0.345 e. The molecule has 1 fully saturated rings. The maximum atomic E-state index is 12.5. The first-order valence-electron chi connectivity index (χ1n) is 6.90. The molecule has 2 aromatic rings. The number of carbonyl (C=O) groups excluding carboxylic acids is 1. The van der Waals surface area contributed by atoms with E-state index in [1.165, 1.54) is 0 Å². The van der Waals surface area contributed by atoms with Crippen LogP contribution >= 0.6 is 23.2 Å². The van der Waals surface area contributed by atoms with Gasteiger partial charge in [-0.1, -0.05) is 53.5 Å². The van der Waals surface area contributed by atoms with Gasteiger partial charge in [0.25, 0.3) is 0 Å². The Balaban J connectivity index is 2.05. The Kier molecular flexibility index (Phi) is 3.08. The number of anilines is 1. The van der Waals surface area contributed by atoms with Crippen molar-refractivity contribution in [3.8, 4) is 0 Å². The highest BCUT2D eigenvalue weighted by Gasteiger charge is 2.52. The van der Waals surface area contributed by atoms with E-state index in [1.54, 1.807) is 17.0 Å². The van der Waals surface area contributed by atoms with E-state index in [4.69, 9.17) is 27.9 Å². The van der Waals surface area contributed by atoms with Crippen molar-refractivity contribution in [3.05, 3.63) is 63.6 Å². The molecule has 0 bridgehead atoms. The van der Waals surface area contributed by atoms with Crippen LogP contribution in [0.1, 0.15) is 11.1 Å². The van der Waals surface area contributed by atoms with Gasteiger partial charge in [0.2, 0.25) is 0 Å². The maximum Gasteiger partial charge on any atom is 0.324 e. The van der Waals surface area contributed by atoms with Crippen LogP contribution in [0.2, 0.25) is 10.0 Å². The number of urea groups is 1. The second-order valence-corrected chi connectivity index (χ2v) is 6.09. The van der Waals surface area contributed by atoms with Crippen molar-refractivity contribution in [2.75, 3.05) is 18.5 Å². The third-order valence-electron chi connectivity index (χ3n) is 4.07. The highest BCUT2D eigenvalue weighted by molar-refractivity contribution is 6.37. The van der Waals surface area contributed by atoms with Crippen molar-refractivity contribution >= 4 is 34.9 Å². The van der Waals surface area contributed by atoms with Gasteiger partial charge >= 0.3 is 6.03 Å². The van der Waals surface area contributed by atoms with Crippen molar-refractivity contribution < 1.29 is 9.53 Å². The SMILES string of the molecule is O=C1Nc2c(Cl)cc(Cl)cc2C2(c3ccccc3)OCCN12. The number of nitrogens with zero attached hydrogens (tertiary/aromatic N) is 1. The number of amides is 2. The molecular weight excluding hydrogens is 323 g/mol. The van der Waals surface area contributed by atoms with Gasteiger partial charge in [-0.15, -0.1) is 0 Å². The molecule has 6 heteroatoms. The molecule has 2 heterocycles. The number of rotatable bonds is 1. The van der Waals surface area contributed by atoms with E-state index in [0.717, 1.165) is 11.1 Å². The lowest BCUT2D eigenvalue weighted by molar-refractivity contribution is -0.0325. The summed E-state index contributed by atoms with van der Waals surface area (Å²) < 4.78 is 6.09. The van der Waals surface area contributed by atoms with Gasteiger partial charge in [-0.3, -0.25) is 4.90 Å². The summed E-state index contributed by atoms with van der Waals surface area (Å²) in [6.07, 6.45) is 0. The van der Waals surface area contributed by atoms with Crippen LogP contribution in [0.25, 0.3) is 0 Å². The first-order chi connectivity index (χ1) is 10.6. The second-order valence-electron chi connectivity index (χ2n) is 5.25. The third kappa shape index (κ3) is 1.78. The highest BCUT2D eigenvalue weighted by atomic mass is 35.5. The van der Waals surface area contributed by atoms with E-state index in [0.29, 0.717) is 28.9 Å². The van der Waals surface area contributed by atoms with Crippen LogP contribution in [0.15, 0.2) is 42.5 Å². The quantitative estimate of drug-likeness (QED) is 0.853. The number of hydrogen-bond acceptors (Lipinski definition) is 2. The summed E-state index contributed by atoms with van der Waals surface area (Å²) in [6, 6.07) is 12.8. The third-order valence-corrected chi connectivity index (χ3v) is 4.58. The summed E-state index contributed by atoms with van der Waals surface area (Å²) in [4.78, 5) is 14.2. The van der Waals surface area contributed by atoms with Gasteiger partial charge in [-0.2, -0.15) is 0 Å². The molecule has 0 aromatic heterocycles. The Morgan fingerprint density at radius 2 is 1.95 bits per heavy atom. The minimum absolute atomic E-state index is 0.224. The van der Waals surface area contributed by atoms with Crippen molar-refractivity contribution in [1.82, 2.24) is 4.90 Å². The smallest absolute Gasteiger partial charge is 0.324 e.